The van der Waals surface area contributed by atoms with Crippen LogP contribution in [0.2, 0.25) is 0 Å². The Balaban J connectivity index is 1.21. The van der Waals surface area contributed by atoms with E-state index in [9.17, 15) is 0 Å². The van der Waals surface area contributed by atoms with E-state index in [1.165, 1.54) is 42.1 Å². The van der Waals surface area contributed by atoms with Crippen molar-refractivity contribution in [2.75, 3.05) is 0 Å². The van der Waals surface area contributed by atoms with E-state index in [2.05, 4.69) is 108 Å². The van der Waals surface area contributed by atoms with Gasteiger partial charge < -0.3 is 4.57 Å². The van der Waals surface area contributed by atoms with Gasteiger partial charge in [-0.15, -0.1) is 11.3 Å². The fourth-order valence-electron chi connectivity index (χ4n) is 6.82. The standard InChI is InChI=1S/C45H30N4S/c46-44(30-14-3-1-4-15-30)48-45(31-16-5-2-6-17-31)47-29-33-18-7-10-23-39(33)49-40-24-11-8-19-35(40)36-27-26-32(28-41(36)49)34-21-13-22-38-37-20-9-12-25-42(37)50-43(34)38/h1-29,46H. The van der Waals surface area contributed by atoms with Gasteiger partial charge in [0.1, 0.15) is 0 Å². The summed E-state index contributed by atoms with van der Waals surface area (Å²) in [6.45, 7) is 0. The first kappa shape index (κ1) is 29.7. The second-order valence-corrected chi connectivity index (χ2v) is 13.3. The molecule has 0 amide bonds. The molecule has 9 aromatic rings. The van der Waals surface area contributed by atoms with Crippen molar-refractivity contribution in [3.05, 3.63) is 187 Å². The number of aromatic nitrogens is 1. The third-order valence-electron chi connectivity index (χ3n) is 9.19. The first-order valence-corrected chi connectivity index (χ1v) is 17.4. The highest BCUT2D eigenvalue weighted by molar-refractivity contribution is 7.26. The number of rotatable bonds is 5. The average Bonchev–Trinajstić information content (AvgIpc) is 3.73. The van der Waals surface area contributed by atoms with Crippen molar-refractivity contribution in [2.45, 2.75) is 0 Å². The molecule has 4 nitrogen and oxygen atoms in total. The zero-order chi connectivity index (χ0) is 33.4. The minimum absolute atomic E-state index is 0.165. The van der Waals surface area contributed by atoms with Gasteiger partial charge in [-0.2, -0.15) is 0 Å². The van der Waals surface area contributed by atoms with E-state index in [1.807, 2.05) is 84.3 Å². The maximum absolute atomic E-state index is 8.74. The molecule has 236 valence electrons. The lowest BCUT2D eigenvalue weighted by Gasteiger charge is -2.12. The molecule has 0 aliphatic rings. The summed E-state index contributed by atoms with van der Waals surface area (Å²) in [6, 6.07) is 58.5. The van der Waals surface area contributed by atoms with Crippen molar-refractivity contribution in [3.63, 3.8) is 0 Å². The fourth-order valence-corrected chi connectivity index (χ4v) is 8.06. The van der Waals surface area contributed by atoms with Gasteiger partial charge in [0, 0.05) is 53.8 Å². The zero-order valence-electron chi connectivity index (χ0n) is 27.0. The lowest BCUT2D eigenvalue weighted by molar-refractivity contribution is 1.17. The van der Waals surface area contributed by atoms with Crippen molar-refractivity contribution in [1.82, 2.24) is 4.57 Å². The maximum atomic E-state index is 8.74. The molecule has 7 aromatic carbocycles. The Bertz CT molecular complexity index is 2770. The van der Waals surface area contributed by atoms with Gasteiger partial charge in [-0.05, 0) is 35.4 Å². The first-order valence-electron chi connectivity index (χ1n) is 16.6. The molecule has 0 aliphatic heterocycles. The number of hydrogen-bond donors (Lipinski definition) is 1. The molecule has 0 bridgehead atoms. The molecule has 0 saturated heterocycles. The van der Waals surface area contributed by atoms with Crippen molar-refractivity contribution in [3.8, 4) is 16.8 Å². The fraction of sp³-hybridized carbons (Fsp3) is 0. The zero-order valence-corrected chi connectivity index (χ0v) is 27.8. The van der Waals surface area contributed by atoms with Gasteiger partial charge in [-0.3, -0.25) is 5.41 Å². The lowest BCUT2D eigenvalue weighted by Crippen LogP contribution is -2.05. The molecule has 0 aliphatic carbocycles. The molecule has 50 heavy (non-hydrogen) atoms. The van der Waals surface area contributed by atoms with Gasteiger partial charge in [-0.25, -0.2) is 9.98 Å². The highest BCUT2D eigenvalue weighted by Gasteiger charge is 2.17. The van der Waals surface area contributed by atoms with Crippen LogP contribution in [0.5, 0.6) is 0 Å². The van der Waals surface area contributed by atoms with Gasteiger partial charge in [0.15, 0.2) is 11.7 Å². The van der Waals surface area contributed by atoms with Gasteiger partial charge in [-0.1, -0.05) is 146 Å². The molecular weight excluding hydrogens is 629 g/mol. The highest BCUT2D eigenvalue weighted by Crippen LogP contribution is 2.41. The summed E-state index contributed by atoms with van der Waals surface area (Å²) < 4.78 is 4.96. The Kier molecular flexibility index (Phi) is 7.45. The molecule has 1 N–H and O–H groups in total. The summed E-state index contributed by atoms with van der Waals surface area (Å²) in [5.41, 5.74) is 8.23. The quantitative estimate of drug-likeness (QED) is 0.141. The molecule has 0 spiro atoms. The number of nitrogens with one attached hydrogen (secondary N) is 1. The Morgan fingerprint density at radius 1 is 0.560 bits per heavy atom. The monoisotopic (exact) mass is 658 g/mol. The SMILES string of the molecule is N=C(N=C(N=Cc1ccccc1-n1c2ccccc2c2ccc(-c3cccc4c3sc3ccccc34)cc21)c1ccccc1)c1ccccc1. The molecule has 9 rings (SSSR count). The Morgan fingerprint density at radius 3 is 2.06 bits per heavy atom. The summed E-state index contributed by atoms with van der Waals surface area (Å²) in [5.74, 6) is 0.647. The molecular formula is C45H30N4S. The number of fused-ring (bicyclic) bond motifs is 6. The summed E-state index contributed by atoms with van der Waals surface area (Å²) in [5, 5.41) is 13.7. The number of hydrogen-bond acceptors (Lipinski definition) is 2. The van der Waals surface area contributed by atoms with Crippen molar-refractivity contribution < 1.29 is 0 Å². The number of para-hydroxylation sites is 2. The topological polar surface area (TPSA) is 53.5 Å². The minimum atomic E-state index is 0.165. The van der Waals surface area contributed by atoms with Crippen LogP contribution in [-0.4, -0.2) is 22.5 Å². The third kappa shape index (κ3) is 5.21. The second kappa shape index (κ2) is 12.5. The number of amidine groups is 2. The van der Waals surface area contributed by atoms with Crippen LogP contribution >= 0.6 is 11.3 Å². The third-order valence-corrected chi connectivity index (χ3v) is 10.4. The minimum Gasteiger partial charge on any atom is -0.309 e. The number of nitrogens with zero attached hydrogens (tertiary/aromatic N) is 3. The maximum Gasteiger partial charge on any atom is 0.161 e. The number of thiophene rings is 1. The smallest absolute Gasteiger partial charge is 0.161 e. The van der Waals surface area contributed by atoms with E-state index < -0.39 is 0 Å². The summed E-state index contributed by atoms with van der Waals surface area (Å²) in [4.78, 5) is 9.66. The van der Waals surface area contributed by atoms with Crippen molar-refractivity contribution in [1.29, 1.82) is 5.41 Å². The van der Waals surface area contributed by atoms with Crippen LogP contribution in [0.15, 0.2) is 180 Å². The molecule has 0 atom stereocenters. The Hall–Kier alpha value is -6.43. The predicted molar refractivity (Wildman–Crippen MR) is 213 cm³/mol. The average molecular weight is 659 g/mol. The van der Waals surface area contributed by atoms with Gasteiger partial charge >= 0.3 is 0 Å². The normalized spacial score (nSPS) is 12.1. The predicted octanol–water partition coefficient (Wildman–Crippen LogP) is 11.7. The molecule has 2 heterocycles. The molecule has 0 fully saturated rings. The number of benzene rings is 7. The van der Waals surface area contributed by atoms with Crippen LogP contribution in [0.1, 0.15) is 16.7 Å². The van der Waals surface area contributed by atoms with Crippen molar-refractivity contribution in [2.24, 2.45) is 9.98 Å². The van der Waals surface area contributed by atoms with Gasteiger partial charge in [0.2, 0.25) is 0 Å². The number of aliphatic imine (C=N–C) groups is 2. The van der Waals surface area contributed by atoms with E-state index in [1.54, 1.807) is 0 Å². The largest absolute Gasteiger partial charge is 0.309 e. The first-order chi connectivity index (χ1) is 24.7. The van der Waals surface area contributed by atoms with E-state index in [-0.39, 0.29) is 5.84 Å². The lowest BCUT2D eigenvalue weighted by atomic mass is 10.0. The van der Waals surface area contributed by atoms with E-state index in [0.717, 1.165) is 33.4 Å². The molecule has 0 saturated carbocycles. The Morgan fingerprint density at radius 2 is 1.22 bits per heavy atom. The summed E-state index contributed by atoms with van der Waals surface area (Å²) >= 11 is 1.86. The summed E-state index contributed by atoms with van der Waals surface area (Å²) in [6.07, 6.45) is 1.88. The molecule has 0 unspecified atom stereocenters. The van der Waals surface area contributed by atoms with E-state index in [4.69, 9.17) is 15.4 Å². The van der Waals surface area contributed by atoms with E-state index in [0.29, 0.717) is 5.84 Å². The van der Waals surface area contributed by atoms with Crippen LogP contribution in [0.25, 0.3) is 58.8 Å². The highest BCUT2D eigenvalue weighted by atomic mass is 32.1. The van der Waals surface area contributed by atoms with Gasteiger partial charge in [0.25, 0.3) is 0 Å². The van der Waals surface area contributed by atoms with Crippen LogP contribution in [-0.2, 0) is 0 Å². The van der Waals surface area contributed by atoms with Crippen LogP contribution < -0.4 is 0 Å². The molecule has 2 aromatic heterocycles. The molecule has 0 radical (unpaired) electrons. The van der Waals surface area contributed by atoms with Crippen LogP contribution in [0, 0.1) is 5.41 Å². The molecule has 5 heteroatoms. The summed E-state index contributed by atoms with van der Waals surface area (Å²) in [7, 11) is 0. The van der Waals surface area contributed by atoms with Crippen molar-refractivity contribution >= 4 is 71.2 Å². The van der Waals surface area contributed by atoms with Gasteiger partial charge in [0.05, 0.1) is 16.7 Å². The van der Waals surface area contributed by atoms with Crippen LogP contribution in [0.3, 0.4) is 0 Å². The van der Waals surface area contributed by atoms with Crippen LogP contribution in [0.4, 0.5) is 0 Å². The Labute approximate surface area is 293 Å². The second-order valence-electron chi connectivity index (χ2n) is 12.2. The van der Waals surface area contributed by atoms with E-state index >= 15 is 0 Å².